The van der Waals surface area contributed by atoms with Crippen molar-refractivity contribution in [3.05, 3.63) is 89.0 Å². The van der Waals surface area contributed by atoms with Crippen molar-refractivity contribution in [3.63, 3.8) is 0 Å². The third-order valence-electron chi connectivity index (χ3n) is 8.33. The summed E-state index contributed by atoms with van der Waals surface area (Å²) in [7, 11) is 3.13. The van der Waals surface area contributed by atoms with Crippen molar-refractivity contribution >= 4 is 33.2 Å². The largest absolute Gasteiger partial charge is 0.496 e. The van der Waals surface area contributed by atoms with E-state index in [4.69, 9.17) is 14.8 Å². The van der Waals surface area contributed by atoms with E-state index in [0.717, 1.165) is 34.3 Å². The number of pyridine rings is 1. The van der Waals surface area contributed by atoms with Crippen LogP contribution in [0.3, 0.4) is 0 Å². The van der Waals surface area contributed by atoms with Gasteiger partial charge in [0.1, 0.15) is 28.8 Å². The summed E-state index contributed by atoms with van der Waals surface area (Å²) in [6.07, 6.45) is 1.29. The SMILES string of the molecule is C=CC(=O)N1Cc2cc(-c3nc(-c4ccc5c(c4)C(=O)N(C)C5)c4ccsc4c3-c3c(F)cc(F)cc3OC)nn2C[C@H]1C. The molecule has 3 aromatic heterocycles. The van der Waals surface area contributed by atoms with Crippen LogP contribution in [-0.2, 0) is 24.4 Å². The topological polar surface area (TPSA) is 80.6 Å². The summed E-state index contributed by atoms with van der Waals surface area (Å²) in [6.45, 7) is 6.87. The average molecular weight is 612 g/mol. The first kappa shape index (κ1) is 27.9. The second-order valence-electron chi connectivity index (χ2n) is 11.1. The molecule has 0 N–H and O–H groups in total. The second kappa shape index (κ2) is 10.4. The van der Waals surface area contributed by atoms with Crippen molar-refractivity contribution < 1.29 is 23.1 Å². The highest BCUT2D eigenvalue weighted by molar-refractivity contribution is 7.18. The fourth-order valence-corrected chi connectivity index (χ4v) is 7.11. The van der Waals surface area contributed by atoms with Crippen molar-refractivity contribution in [2.24, 2.45) is 0 Å². The molecular formula is C33H27F2N5O3S. The minimum Gasteiger partial charge on any atom is -0.496 e. The maximum Gasteiger partial charge on any atom is 0.254 e. The molecule has 2 amide bonds. The third-order valence-corrected chi connectivity index (χ3v) is 9.26. The molecule has 0 saturated carbocycles. The highest BCUT2D eigenvalue weighted by Gasteiger charge is 2.31. The van der Waals surface area contributed by atoms with Crippen LogP contribution in [0.5, 0.6) is 5.75 Å². The lowest BCUT2D eigenvalue weighted by Crippen LogP contribution is -2.44. The zero-order valence-corrected chi connectivity index (χ0v) is 25.0. The molecular weight excluding hydrogens is 584 g/mol. The van der Waals surface area contributed by atoms with Crippen molar-refractivity contribution in [3.8, 4) is 39.5 Å². The number of aromatic nitrogens is 3. The molecule has 0 saturated heterocycles. The minimum absolute atomic E-state index is 0.0273. The Kier molecular flexibility index (Phi) is 6.58. The van der Waals surface area contributed by atoms with Crippen molar-refractivity contribution in [2.75, 3.05) is 14.2 Å². The number of halogens is 2. The first-order valence-electron chi connectivity index (χ1n) is 14.0. The summed E-state index contributed by atoms with van der Waals surface area (Å²) < 4.78 is 38.1. The van der Waals surface area contributed by atoms with E-state index < -0.39 is 11.6 Å². The van der Waals surface area contributed by atoms with Crippen LogP contribution < -0.4 is 4.74 Å². The van der Waals surface area contributed by atoms with Crippen LogP contribution in [0.2, 0.25) is 0 Å². The van der Waals surface area contributed by atoms with E-state index in [1.165, 1.54) is 24.5 Å². The maximum absolute atomic E-state index is 15.8. The van der Waals surface area contributed by atoms with E-state index in [1.807, 2.05) is 47.3 Å². The van der Waals surface area contributed by atoms with Gasteiger partial charge < -0.3 is 14.5 Å². The van der Waals surface area contributed by atoms with Gasteiger partial charge in [-0.05, 0) is 42.1 Å². The van der Waals surface area contributed by atoms with Crippen LogP contribution in [0, 0.1) is 11.6 Å². The zero-order chi connectivity index (χ0) is 30.9. The number of carbonyl (C=O) groups is 2. The first-order valence-corrected chi connectivity index (χ1v) is 14.9. The van der Waals surface area contributed by atoms with Gasteiger partial charge in [-0.1, -0.05) is 18.7 Å². The maximum atomic E-state index is 15.8. The lowest BCUT2D eigenvalue weighted by Gasteiger charge is -2.33. The van der Waals surface area contributed by atoms with Gasteiger partial charge in [-0.15, -0.1) is 11.3 Å². The van der Waals surface area contributed by atoms with Crippen LogP contribution in [0.25, 0.3) is 43.9 Å². The van der Waals surface area contributed by atoms with E-state index in [2.05, 4.69) is 6.58 Å². The normalized spacial score (nSPS) is 15.9. The molecule has 7 rings (SSSR count). The molecule has 44 heavy (non-hydrogen) atoms. The van der Waals surface area contributed by atoms with E-state index in [-0.39, 0.29) is 29.2 Å². The van der Waals surface area contributed by atoms with Gasteiger partial charge in [0.2, 0.25) is 5.91 Å². The molecule has 2 aliphatic heterocycles. The number of hydrogen-bond donors (Lipinski definition) is 0. The Balaban J connectivity index is 1.50. The highest BCUT2D eigenvalue weighted by Crippen LogP contribution is 2.47. The number of amides is 2. The summed E-state index contributed by atoms with van der Waals surface area (Å²) in [4.78, 5) is 33.9. The van der Waals surface area contributed by atoms with E-state index in [9.17, 15) is 14.0 Å². The van der Waals surface area contributed by atoms with Gasteiger partial charge in [0.25, 0.3) is 5.91 Å². The molecule has 0 spiro atoms. The highest BCUT2D eigenvalue weighted by atomic mass is 32.1. The fraction of sp³-hybridized carbons (Fsp3) is 0.212. The number of ether oxygens (including phenoxy) is 1. The first-order chi connectivity index (χ1) is 21.2. The summed E-state index contributed by atoms with van der Waals surface area (Å²) in [5.74, 6) is -1.77. The predicted octanol–water partition coefficient (Wildman–Crippen LogP) is 6.28. The van der Waals surface area contributed by atoms with Gasteiger partial charge >= 0.3 is 0 Å². The van der Waals surface area contributed by atoms with Crippen molar-refractivity contribution in [1.29, 1.82) is 0 Å². The average Bonchev–Trinajstić information content (AvgIpc) is 3.73. The van der Waals surface area contributed by atoms with Crippen molar-refractivity contribution in [1.82, 2.24) is 24.6 Å². The van der Waals surface area contributed by atoms with E-state index in [1.54, 1.807) is 16.8 Å². The number of methoxy groups -OCH3 is 1. The van der Waals surface area contributed by atoms with E-state index >= 15 is 4.39 Å². The van der Waals surface area contributed by atoms with Gasteiger partial charge in [0.15, 0.2) is 0 Å². The minimum atomic E-state index is -0.793. The van der Waals surface area contributed by atoms with Crippen LogP contribution in [0.1, 0.15) is 28.5 Å². The Morgan fingerprint density at radius 1 is 1.11 bits per heavy atom. The van der Waals surface area contributed by atoms with Crippen LogP contribution in [-0.4, -0.2) is 56.6 Å². The number of carbonyl (C=O) groups excluding carboxylic acids is 2. The molecule has 0 bridgehead atoms. The summed E-state index contributed by atoms with van der Waals surface area (Å²) in [6, 6.07) is 11.3. The van der Waals surface area contributed by atoms with Crippen LogP contribution >= 0.6 is 11.3 Å². The molecule has 0 unspecified atom stereocenters. The molecule has 222 valence electrons. The molecule has 2 aliphatic rings. The van der Waals surface area contributed by atoms with Crippen LogP contribution in [0.4, 0.5) is 8.78 Å². The number of nitrogens with zero attached hydrogens (tertiary/aromatic N) is 5. The van der Waals surface area contributed by atoms with Gasteiger partial charge in [-0.3, -0.25) is 14.3 Å². The van der Waals surface area contributed by atoms with E-state index in [0.29, 0.717) is 52.5 Å². The standard InChI is InChI=1S/C33H27F2N5O3S/c1-5-27(41)39-16-21-13-25(37-40(21)14-17(39)2)31-29(28-24(35)11-20(34)12-26(28)43-4)32-22(8-9-44-32)30(36-31)18-6-7-19-15-38(3)33(42)23(19)10-18/h5-13,17H,1,14-16H2,2-4H3/t17-/m1/s1. The summed E-state index contributed by atoms with van der Waals surface area (Å²) in [5, 5.41) is 7.52. The Labute approximate surface area is 255 Å². The molecule has 11 heteroatoms. The molecule has 1 atom stereocenters. The number of fused-ring (bicyclic) bond motifs is 3. The Morgan fingerprint density at radius 3 is 2.70 bits per heavy atom. The molecule has 5 heterocycles. The zero-order valence-electron chi connectivity index (χ0n) is 24.2. The predicted molar refractivity (Wildman–Crippen MR) is 164 cm³/mol. The molecule has 0 radical (unpaired) electrons. The monoisotopic (exact) mass is 611 g/mol. The Morgan fingerprint density at radius 2 is 1.93 bits per heavy atom. The summed E-state index contributed by atoms with van der Waals surface area (Å²) in [5.41, 5.74) is 5.01. The fourth-order valence-electron chi connectivity index (χ4n) is 6.16. The lowest BCUT2D eigenvalue weighted by atomic mass is 9.95. The smallest absolute Gasteiger partial charge is 0.254 e. The van der Waals surface area contributed by atoms with Gasteiger partial charge in [0.05, 0.1) is 37.2 Å². The lowest BCUT2D eigenvalue weighted by molar-refractivity contribution is -0.129. The summed E-state index contributed by atoms with van der Waals surface area (Å²) >= 11 is 1.40. The number of rotatable bonds is 5. The number of benzene rings is 2. The third kappa shape index (κ3) is 4.29. The van der Waals surface area contributed by atoms with Gasteiger partial charge in [-0.2, -0.15) is 5.10 Å². The van der Waals surface area contributed by atoms with Crippen LogP contribution in [0.15, 0.2) is 60.5 Å². The van der Waals surface area contributed by atoms with Crippen molar-refractivity contribution in [2.45, 2.75) is 32.6 Å². The molecule has 0 fully saturated rings. The molecule has 5 aromatic rings. The second-order valence-corrected chi connectivity index (χ2v) is 12.0. The van der Waals surface area contributed by atoms with Gasteiger partial charge in [-0.25, -0.2) is 13.8 Å². The molecule has 2 aromatic carbocycles. The van der Waals surface area contributed by atoms with Gasteiger partial charge in [0, 0.05) is 58.5 Å². The molecule has 0 aliphatic carbocycles. The number of thiophene rings is 1. The quantitative estimate of drug-likeness (QED) is 0.219. The number of hydrogen-bond acceptors (Lipinski definition) is 6. The Hall–Kier alpha value is -4.90. The Bertz CT molecular complexity index is 2030. The molecule has 8 nitrogen and oxygen atoms in total.